The lowest BCUT2D eigenvalue weighted by Crippen LogP contribution is -2.24. The van der Waals surface area contributed by atoms with E-state index in [9.17, 15) is 29.9 Å². The molecule has 0 heterocycles. The summed E-state index contributed by atoms with van der Waals surface area (Å²) in [7, 11) is 0. The fraction of sp³-hybridized carbons (Fsp3) is 0.382. The summed E-state index contributed by atoms with van der Waals surface area (Å²) < 4.78 is 0. The van der Waals surface area contributed by atoms with Gasteiger partial charge in [-0.15, -0.1) is 0 Å². The van der Waals surface area contributed by atoms with Gasteiger partial charge >= 0.3 is 17.9 Å². The molecule has 0 saturated heterocycles. The minimum atomic E-state index is -1.03. The third-order valence-electron chi connectivity index (χ3n) is 6.94. The number of carboxylic acids is 3. The van der Waals surface area contributed by atoms with E-state index in [1.54, 1.807) is 51.1 Å². The lowest BCUT2D eigenvalue weighted by atomic mass is 9.81. The van der Waals surface area contributed by atoms with Gasteiger partial charge < -0.3 is 15.3 Å². The Kier molecular flexibility index (Phi) is 15.2. The highest BCUT2D eigenvalue weighted by molar-refractivity contribution is 5.92. The Labute approximate surface area is 268 Å². The fourth-order valence-electron chi connectivity index (χ4n) is 5.34. The van der Waals surface area contributed by atoms with E-state index in [1.165, 1.54) is 0 Å². The standard InChI is InChI=1S/C24H30O6.C10H11O4.O2/c1-13-8-15(3)19(22(25)26)17(10-13)12-29-30-21(24(5,6)7)18-11-14(2)9-16(4)20(18)23(27)28;1-6-3-7(2)9(10(11)12)8(4-6)5-14-13;1-2/h8-11,21H,12H2,1-7H3,(H,25,26)(H,27,28);3-4H,5H2,1-2H3,(H,11,12);. The molecule has 12 heteroatoms. The summed E-state index contributed by atoms with van der Waals surface area (Å²) >= 11 is 0. The zero-order valence-electron chi connectivity index (χ0n) is 27.5. The molecule has 0 aliphatic carbocycles. The summed E-state index contributed by atoms with van der Waals surface area (Å²) in [6.45, 7) is 16.3. The molecule has 0 spiro atoms. The van der Waals surface area contributed by atoms with Crippen LogP contribution in [0.4, 0.5) is 0 Å². The molecule has 0 aliphatic heterocycles. The number of hydrogen-bond acceptors (Lipinski definition) is 6. The predicted molar refractivity (Wildman–Crippen MR) is 164 cm³/mol. The van der Waals surface area contributed by atoms with E-state index in [-0.39, 0.29) is 29.9 Å². The summed E-state index contributed by atoms with van der Waals surface area (Å²) in [4.78, 5) is 49.4. The van der Waals surface area contributed by atoms with E-state index < -0.39 is 29.4 Å². The van der Waals surface area contributed by atoms with Crippen LogP contribution in [0.5, 0.6) is 0 Å². The Morgan fingerprint density at radius 3 is 1.37 bits per heavy atom. The van der Waals surface area contributed by atoms with Crippen molar-refractivity contribution in [1.82, 2.24) is 0 Å². The van der Waals surface area contributed by atoms with E-state index in [1.807, 2.05) is 47.6 Å². The molecule has 0 amide bonds. The third kappa shape index (κ3) is 10.7. The van der Waals surface area contributed by atoms with Crippen molar-refractivity contribution in [2.45, 2.75) is 81.6 Å². The van der Waals surface area contributed by atoms with Crippen molar-refractivity contribution in [3.8, 4) is 0 Å². The van der Waals surface area contributed by atoms with Crippen molar-refractivity contribution < 1.29 is 60.1 Å². The number of carbonyl (C=O) groups is 3. The Morgan fingerprint density at radius 2 is 1.00 bits per heavy atom. The van der Waals surface area contributed by atoms with Gasteiger partial charge in [-0.25, -0.2) is 24.2 Å². The molecule has 1 atom stereocenters. The van der Waals surface area contributed by atoms with Crippen molar-refractivity contribution in [3.63, 3.8) is 0 Å². The summed E-state index contributed by atoms with van der Waals surface area (Å²) in [6.07, 6.45) is -0.665. The average Bonchev–Trinajstić information content (AvgIpc) is 2.90. The predicted octanol–water partition coefficient (Wildman–Crippen LogP) is 7.18. The summed E-state index contributed by atoms with van der Waals surface area (Å²) in [6, 6.07) is 10.6. The van der Waals surface area contributed by atoms with Gasteiger partial charge in [0, 0.05) is 10.5 Å². The molecule has 3 N–H and O–H groups in total. The lowest BCUT2D eigenvalue weighted by Gasteiger charge is -2.31. The molecular formula is C34H41O12. The van der Waals surface area contributed by atoms with Gasteiger partial charge in [0.1, 0.15) is 19.3 Å². The quantitative estimate of drug-likeness (QED) is 0.151. The first kappa shape index (κ1) is 39.9. The van der Waals surface area contributed by atoms with Gasteiger partial charge in [0.05, 0.1) is 16.7 Å². The number of hydrogen-bond donors (Lipinski definition) is 3. The molecule has 3 aromatic carbocycles. The normalized spacial score (nSPS) is 11.5. The Balaban J connectivity index is 0.000000551. The molecule has 3 aromatic rings. The molecular weight excluding hydrogens is 600 g/mol. The number of benzene rings is 3. The van der Waals surface area contributed by atoms with Crippen LogP contribution in [0.2, 0.25) is 0 Å². The van der Waals surface area contributed by atoms with E-state index in [0.717, 1.165) is 16.7 Å². The highest BCUT2D eigenvalue weighted by atomic mass is 17.2. The van der Waals surface area contributed by atoms with Crippen LogP contribution < -0.4 is 0 Å². The SMILES string of the molecule is Cc1cc(C)c(C(=O)O)c(COOC(c2cc(C)cc(C)c2C(=O)O)C(C)(C)C)c1.Cc1cc(C)c(C(=O)O)c(CO[O])c1.[O][O]. The summed E-state index contributed by atoms with van der Waals surface area (Å²) in [5.74, 6) is -3.08. The number of aromatic carboxylic acids is 3. The molecule has 0 aromatic heterocycles. The number of carboxylic acid groups (broad SMARTS) is 3. The fourth-order valence-corrected chi connectivity index (χ4v) is 5.34. The van der Waals surface area contributed by atoms with Gasteiger partial charge in [-0.1, -0.05) is 73.9 Å². The maximum Gasteiger partial charge on any atom is 0.336 e. The van der Waals surface area contributed by atoms with Crippen molar-refractivity contribution >= 4 is 17.9 Å². The molecule has 0 aliphatic rings. The van der Waals surface area contributed by atoms with Crippen molar-refractivity contribution in [1.29, 1.82) is 0 Å². The van der Waals surface area contributed by atoms with E-state index in [0.29, 0.717) is 33.4 Å². The molecule has 249 valence electrons. The van der Waals surface area contributed by atoms with Crippen LogP contribution in [-0.2, 0) is 43.6 Å². The highest BCUT2D eigenvalue weighted by Gasteiger charge is 2.33. The summed E-state index contributed by atoms with van der Waals surface area (Å²) in [5.41, 5.74) is 6.24. The second-order valence-electron chi connectivity index (χ2n) is 12.1. The number of rotatable bonds is 10. The molecule has 1 unspecified atom stereocenters. The van der Waals surface area contributed by atoms with E-state index >= 15 is 0 Å². The minimum Gasteiger partial charge on any atom is -0.478 e. The summed E-state index contributed by atoms with van der Waals surface area (Å²) in [5, 5.41) is 52.2. The zero-order chi connectivity index (χ0) is 35.5. The van der Waals surface area contributed by atoms with Crippen LogP contribution in [-0.4, -0.2) is 33.2 Å². The van der Waals surface area contributed by atoms with Crippen LogP contribution in [0.1, 0.15) is 108 Å². The number of aryl methyl sites for hydroxylation is 6. The smallest absolute Gasteiger partial charge is 0.336 e. The average molecular weight is 642 g/mol. The molecule has 46 heavy (non-hydrogen) atoms. The first-order valence-corrected chi connectivity index (χ1v) is 14.1. The topological polar surface area (TPSA) is 199 Å². The second-order valence-corrected chi connectivity index (χ2v) is 12.1. The van der Waals surface area contributed by atoms with Gasteiger partial charge in [0.15, 0.2) is 0 Å². The van der Waals surface area contributed by atoms with Crippen LogP contribution in [0.25, 0.3) is 0 Å². The van der Waals surface area contributed by atoms with E-state index in [4.69, 9.17) is 25.4 Å². The first-order valence-electron chi connectivity index (χ1n) is 14.1. The van der Waals surface area contributed by atoms with Crippen LogP contribution in [0, 0.1) is 47.0 Å². The van der Waals surface area contributed by atoms with Gasteiger partial charge in [0.25, 0.3) is 0 Å². The minimum absolute atomic E-state index is 0.0655. The maximum absolute atomic E-state index is 11.9. The molecule has 3 rings (SSSR count). The third-order valence-corrected chi connectivity index (χ3v) is 6.94. The van der Waals surface area contributed by atoms with Gasteiger partial charge in [-0.3, -0.25) is 0 Å². The Morgan fingerprint density at radius 1 is 0.630 bits per heavy atom. The van der Waals surface area contributed by atoms with Crippen LogP contribution >= 0.6 is 0 Å². The Bertz CT molecular complexity index is 1540. The monoisotopic (exact) mass is 641 g/mol. The van der Waals surface area contributed by atoms with Crippen molar-refractivity contribution in [2.24, 2.45) is 5.41 Å². The van der Waals surface area contributed by atoms with Gasteiger partial charge in [0.2, 0.25) is 0 Å². The van der Waals surface area contributed by atoms with Crippen molar-refractivity contribution in [2.75, 3.05) is 0 Å². The second kappa shape index (κ2) is 17.5. The zero-order valence-corrected chi connectivity index (χ0v) is 27.5. The first-order chi connectivity index (χ1) is 21.4. The molecule has 3 radical (unpaired) electrons. The maximum atomic E-state index is 11.9. The molecule has 0 bridgehead atoms. The van der Waals surface area contributed by atoms with E-state index in [2.05, 4.69) is 4.89 Å². The van der Waals surface area contributed by atoms with Crippen molar-refractivity contribution in [3.05, 3.63) is 103 Å². The Hall–Kier alpha value is -4.17. The van der Waals surface area contributed by atoms with Crippen LogP contribution in [0.15, 0.2) is 36.4 Å². The lowest BCUT2D eigenvalue weighted by molar-refractivity contribution is -0.352. The molecule has 0 saturated carbocycles. The van der Waals surface area contributed by atoms with Gasteiger partial charge in [-0.05, 0) is 85.6 Å². The van der Waals surface area contributed by atoms with Crippen LogP contribution in [0.3, 0.4) is 0 Å². The highest BCUT2D eigenvalue weighted by Crippen LogP contribution is 2.39. The largest absolute Gasteiger partial charge is 0.478 e. The molecule has 0 fully saturated rings. The molecule has 12 nitrogen and oxygen atoms in total. The van der Waals surface area contributed by atoms with Gasteiger partial charge in [-0.2, -0.15) is 4.89 Å².